The van der Waals surface area contributed by atoms with Gasteiger partial charge < -0.3 is 15.5 Å². The molecule has 3 N–H and O–H groups in total. The number of nitrogens with one attached hydrogen (secondary N) is 1. The number of aliphatic hydroxyl groups excluding tert-OH is 2. The van der Waals surface area contributed by atoms with Gasteiger partial charge in [0.15, 0.2) is 0 Å². The van der Waals surface area contributed by atoms with Crippen LogP contribution < -0.4 is 5.32 Å². The van der Waals surface area contributed by atoms with Gasteiger partial charge in [-0.15, -0.1) is 0 Å². The van der Waals surface area contributed by atoms with E-state index in [9.17, 15) is 0 Å². The van der Waals surface area contributed by atoms with Crippen LogP contribution in [0.5, 0.6) is 0 Å². The van der Waals surface area contributed by atoms with Gasteiger partial charge in [0, 0.05) is 13.1 Å². The highest BCUT2D eigenvalue weighted by Crippen LogP contribution is 2.13. The van der Waals surface area contributed by atoms with Crippen molar-refractivity contribution in [2.75, 3.05) is 32.8 Å². The Morgan fingerprint density at radius 1 is 0.607 bits per heavy atom. The molecule has 1 atom stereocenters. The van der Waals surface area contributed by atoms with Crippen LogP contribution in [0.3, 0.4) is 0 Å². The molecule has 0 aromatic carbocycles. The van der Waals surface area contributed by atoms with Crippen molar-refractivity contribution in [3.8, 4) is 0 Å². The minimum Gasteiger partial charge on any atom is -0.395 e. The summed E-state index contributed by atoms with van der Waals surface area (Å²) in [4.78, 5) is 2.09. The van der Waals surface area contributed by atoms with Gasteiger partial charge >= 0.3 is 0 Å². The van der Waals surface area contributed by atoms with Crippen molar-refractivity contribution in [1.82, 2.24) is 10.2 Å². The highest BCUT2D eigenvalue weighted by molar-refractivity contribution is 4.65. The van der Waals surface area contributed by atoms with Crippen LogP contribution in [-0.2, 0) is 0 Å². The second kappa shape index (κ2) is 23.1. The predicted octanol–water partition coefficient (Wildman–Crippen LogP) is 5.47. The van der Waals surface area contributed by atoms with Crippen molar-refractivity contribution < 1.29 is 10.2 Å². The van der Waals surface area contributed by atoms with Crippen LogP contribution in [0, 0.1) is 0 Å². The lowest BCUT2D eigenvalue weighted by molar-refractivity contribution is 0.112. The SMILES string of the molecule is CCCCCCCCCCCCCCCCCCNC(C)N(CCO)CCO. The molecular formula is C24H52N2O2. The molecule has 0 rings (SSSR count). The van der Waals surface area contributed by atoms with Crippen molar-refractivity contribution in [3.63, 3.8) is 0 Å². The van der Waals surface area contributed by atoms with Gasteiger partial charge in [-0.3, -0.25) is 4.90 Å². The number of aliphatic hydroxyl groups is 2. The van der Waals surface area contributed by atoms with Gasteiger partial charge in [0.05, 0.1) is 19.4 Å². The molecule has 0 bridgehead atoms. The standard InChI is InChI=1S/C24H52N2O2/c1-3-4-5-6-7-8-9-10-11-12-13-14-15-16-17-18-19-25-24(2)26(20-22-27)21-23-28/h24-25,27-28H,3-23H2,1-2H3. The van der Waals surface area contributed by atoms with E-state index in [0.717, 1.165) is 6.54 Å². The Bertz CT molecular complexity index is 284. The third-order valence-electron chi connectivity index (χ3n) is 5.79. The van der Waals surface area contributed by atoms with Crippen molar-refractivity contribution in [3.05, 3.63) is 0 Å². The molecule has 0 aliphatic heterocycles. The van der Waals surface area contributed by atoms with E-state index in [1.807, 2.05) is 0 Å². The van der Waals surface area contributed by atoms with Crippen molar-refractivity contribution in [1.29, 1.82) is 0 Å². The van der Waals surface area contributed by atoms with Gasteiger partial charge in [0.25, 0.3) is 0 Å². The molecule has 0 heterocycles. The van der Waals surface area contributed by atoms with E-state index < -0.39 is 0 Å². The fourth-order valence-electron chi connectivity index (χ4n) is 3.87. The van der Waals surface area contributed by atoms with Gasteiger partial charge in [-0.1, -0.05) is 103 Å². The summed E-state index contributed by atoms with van der Waals surface area (Å²) >= 11 is 0. The summed E-state index contributed by atoms with van der Waals surface area (Å²) in [5.41, 5.74) is 0. The topological polar surface area (TPSA) is 55.7 Å². The smallest absolute Gasteiger partial charge is 0.0569 e. The number of hydrogen-bond acceptors (Lipinski definition) is 4. The van der Waals surface area contributed by atoms with Crippen LogP contribution >= 0.6 is 0 Å². The lowest BCUT2D eigenvalue weighted by Crippen LogP contribution is -2.46. The van der Waals surface area contributed by atoms with Crippen LogP contribution in [0.2, 0.25) is 0 Å². The van der Waals surface area contributed by atoms with E-state index in [0.29, 0.717) is 13.1 Å². The third-order valence-corrected chi connectivity index (χ3v) is 5.79. The number of hydrogen-bond donors (Lipinski definition) is 3. The first-order valence-corrected chi connectivity index (χ1v) is 12.4. The minimum absolute atomic E-state index is 0.144. The predicted molar refractivity (Wildman–Crippen MR) is 123 cm³/mol. The average molecular weight is 401 g/mol. The van der Waals surface area contributed by atoms with Crippen LogP contribution in [0.25, 0.3) is 0 Å². The average Bonchev–Trinajstić information content (AvgIpc) is 2.70. The molecule has 0 aliphatic rings. The van der Waals surface area contributed by atoms with E-state index in [2.05, 4.69) is 24.1 Å². The molecular weight excluding hydrogens is 348 g/mol. The molecule has 0 radical (unpaired) electrons. The molecule has 0 aromatic rings. The van der Waals surface area contributed by atoms with Gasteiger partial charge in [0.2, 0.25) is 0 Å². The van der Waals surface area contributed by atoms with E-state index in [1.165, 1.54) is 103 Å². The minimum atomic E-state index is 0.144. The Morgan fingerprint density at radius 3 is 1.32 bits per heavy atom. The first-order chi connectivity index (χ1) is 13.8. The van der Waals surface area contributed by atoms with Crippen LogP contribution in [0.15, 0.2) is 0 Å². The van der Waals surface area contributed by atoms with E-state index in [1.54, 1.807) is 0 Å². The molecule has 0 saturated carbocycles. The van der Waals surface area contributed by atoms with Crippen LogP contribution in [0.1, 0.15) is 117 Å². The molecule has 0 spiro atoms. The fraction of sp³-hybridized carbons (Fsp3) is 1.00. The molecule has 28 heavy (non-hydrogen) atoms. The first-order valence-electron chi connectivity index (χ1n) is 12.4. The maximum Gasteiger partial charge on any atom is 0.0569 e. The lowest BCUT2D eigenvalue weighted by Gasteiger charge is -2.28. The monoisotopic (exact) mass is 400 g/mol. The highest BCUT2D eigenvalue weighted by Gasteiger charge is 2.11. The van der Waals surface area contributed by atoms with Crippen molar-refractivity contribution >= 4 is 0 Å². The molecule has 4 heteroatoms. The lowest BCUT2D eigenvalue weighted by atomic mass is 10.0. The Balaban J connectivity index is 3.25. The Labute approximate surface area is 176 Å². The fourth-order valence-corrected chi connectivity index (χ4v) is 3.87. The Morgan fingerprint density at radius 2 is 0.964 bits per heavy atom. The summed E-state index contributed by atoms with van der Waals surface area (Å²) in [7, 11) is 0. The maximum absolute atomic E-state index is 9.08. The molecule has 0 saturated heterocycles. The summed E-state index contributed by atoms with van der Waals surface area (Å²) in [6.07, 6.45) is 22.6. The highest BCUT2D eigenvalue weighted by atomic mass is 16.3. The van der Waals surface area contributed by atoms with E-state index in [4.69, 9.17) is 10.2 Å². The van der Waals surface area contributed by atoms with Gasteiger partial charge in [-0.2, -0.15) is 0 Å². The molecule has 1 unspecified atom stereocenters. The molecule has 0 aliphatic carbocycles. The third kappa shape index (κ3) is 19.2. The Kier molecular flexibility index (Phi) is 23.0. The van der Waals surface area contributed by atoms with Crippen molar-refractivity contribution in [2.45, 2.75) is 123 Å². The largest absolute Gasteiger partial charge is 0.395 e. The first kappa shape index (κ1) is 27.8. The molecule has 170 valence electrons. The zero-order valence-corrected chi connectivity index (χ0v) is 19.3. The van der Waals surface area contributed by atoms with Crippen molar-refractivity contribution in [2.24, 2.45) is 0 Å². The second-order valence-corrected chi connectivity index (χ2v) is 8.42. The number of rotatable bonds is 23. The van der Waals surface area contributed by atoms with E-state index >= 15 is 0 Å². The van der Waals surface area contributed by atoms with Gasteiger partial charge in [-0.05, 0) is 19.9 Å². The van der Waals surface area contributed by atoms with Gasteiger partial charge in [0.1, 0.15) is 0 Å². The number of unbranched alkanes of at least 4 members (excludes halogenated alkanes) is 15. The zero-order chi connectivity index (χ0) is 20.7. The second-order valence-electron chi connectivity index (χ2n) is 8.42. The summed E-state index contributed by atoms with van der Waals surface area (Å²) in [6.45, 7) is 6.94. The quantitative estimate of drug-likeness (QED) is 0.157. The molecule has 0 amide bonds. The molecule has 0 fully saturated rings. The summed E-state index contributed by atoms with van der Waals surface area (Å²) in [5.74, 6) is 0. The van der Waals surface area contributed by atoms with Gasteiger partial charge in [-0.25, -0.2) is 0 Å². The number of nitrogens with zero attached hydrogens (tertiary/aromatic N) is 1. The normalized spacial score (nSPS) is 12.8. The Hall–Kier alpha value is -0.160. The molecule has 4 nitrogen and oxygen atoms in total. The molecule has 0 aromatic heterocycles. The zero-order valence-electron chi connectivity index (χ0n) is 19.3. The summed E-state index contributed by atoms with van der Waals surface area (Å²) < 4.78 is 0. The van der Waals surface area contributed by atoms with E-state index in [-0.39, 0.29) is 19.4 Å². The van der Waals surface area contributed by atoms with Crippen LogP contribution in [0.4, 0.5) is 0 Å². The maximum atomic E-state index is 9.08. The van der Waals surface area contributed by atoms with Crippen LogP contribution in [-0.4, -0.2) is 54.1 Å². The summed E-state index contributed by atoms with van der Waals surface area (Å²) in [5, 5.41) is 21.7. The summed E-state index contributed by atoms with van der Waals surface area (Å²) in [6, 6.07) is 0.